The monoisotopic (exact) mass is 1000 g/mol. The molecule has 0 N–H and O–H groups in total. The van der Waals surface area contributed by atoms with Crippen molar-refractivity contribution in [3.63, 3.8) is 0 Å². The molecule has 0 saturated carbocycles. The number of esters is 3. The van der Waals surface area contributed by atoms with E-state index in [2.05, 4.69) is 118 Å². The molecule has 0 rings (SSSR count). The van der Waals surface area contributed by atoms with Crippen LogP contribution in [0.15, 0.2) is 97.2 Å². The van der Waals surface area contributed by atoms with Gasteiger partial charge in [-0.25, -0.2) is 0 Å². The lowest BCUT2D eigenvalue weighted by atomic mass is 10.0. The molecule has 0 fully saturated rings. The lowest BCUT2D eigenvalue weighted by Crippen LogP contribution is -2.30. The second-order valence-electron chi connectivity index (χ2n) is 19.9. The SMILES string of the molecule is CC/C=C\C/C=C\C/C=C\C/C=C\C/C=C\CCCCCCCCCCCCCCCC(=O)OCC(COC(=O)CCCCCCC/C=C\CCCC)OC(=O)CCCCCCC/C=C\C/C=C\CCCC. The normalized spacial score (nSPS) is 12.8. The van der Waals surface area contributed by atoms with Gasteiger partial charge in [-0.05, 0) is 109 Å². The Hall–Kier alpha value is -3.67. The van der Waals surface area contributed by atoms with Gasteiger partial charge in [0, 0.05) is 19.3 Å². The highest BCUT2D eigenvalue weighted by Crippen LogP contribution is 2.16. The maximum absolute atomic E-state index is 12.8. The first-order valence-electron chi connectivity index (χ1n) is 30.2. The maximum atomic E-state index is 12.8. The summed E-state index contributed by atoms with van der Waals surface area (Å²) in [6.45, 7) is 6.44. The van der Waals surface area contributed by atoms with E-state index in [0.717, 1.165) is 122 Å². The van der Waals surface area contributed by atoms with E-state index in [4.69, 9.17) is 14.2 Å². The molecule has 6 heteroatoms. The van der Waals surface area contributed by atoms with Crippen LogP contribution >= 0.6 is 0 Å². The van der Waals surface area contributed by atoms with Crippen LogP contribution in [0.3, 0.4) is 0 Å². The average molecular weight is 1000 g/mol. The lowest BCUT2D eigenvalue weighted by Gasteiger charge is -2.18. The van der Waals surface area contributed by atoms with Crippen molar-refractivity contribution in [2.24, 2.45) is 0 Å². The number of allylic oxidation sites excluding steroid dienone is 16. The Morgan fingerprint density at radius 1 is 0.292 bits per heavy atom. The zero-order valence-corrected chi connectivity index (χ0v) is 47.2. The van der Waals surface area contributed by atoms with E-state index in [1.807, 2.05) is 0 Å². The molecule has 0 radical (unpaired) electrons. The highest BCUT2D eigenvalue weighted by atomic mass is 16.6. The van der Waals surface area contributed by atoms with Gasteiger partial charge in [-0.1, -0.05) is 253 Å². The molecule has 0 amide bonds. The molecule has 0 aromatic heterocycles. The number of ether oxygens (including phenoxy) is 3. The highest BCUT2D eigenvalue weighted by Gasteiger charge is 2.19. The van der Waals surface area contributed by atoms with Gasteiger partial charge in [0.05, 0.1) is 0 Å². The van der Waals surface area contributed by atoms with Crippen LogP contribution in [0.4, 0.5) is 0 Å². The predicted molar refractivity (Wildman–Crippen MR) is 311 cm³/mol. The third kappa shape index (κ3) is 57.2. The Kier molecular flexibility index (Phi) is 56.8. The smallest absolute Gasteiger partial charge is 0.306 e. The van der Waals surface area contributed by atoms with E-state index >= 15 is 0 Å². The summed E-state index contributed by atoms with van der Waals surface area (Å²) in [6.07, 6.45) is 79.9. The third-order valence-electron chi connectivity index (χ3n) is 12.8. The molecule has 0 bridgehead atoms. The molecule has 72 heavy (non-hydrogen) atoms. The van der Waals surface area contributed by atoms with Gasteiger partial charge >= 0.3 is 17.9 Å². The van der Waals surface area contributed by atoms with Crippen LogP contribution in [0.2, 0.25) is 0 Å². The standard InChI is InChI=1S/C66H112O6/c1-4-7-10-13-16-19-22-24-26-27-28-29-30-31-32-33-34-35-36-37-38-39-40-42-44-47-50-53-56-59-65(68)71-62-63(61-70-64(67)58-55-52-49-46-43-21-18-15-12-9-6-3)72-66(69)60-57-54-51-48-45-41-25-23-20-17-14-11-8-5-2/h7,10,14-19,23-26,28-29,31-32,63H,4-6,8-9,11-13,20-22,27,30,33-62H2,1-3H3/b10-7-,17-14-,18-15-,19-16-,25-23-,26-24-,29-28-,32-31-. The second-order valence-corrected chi connectivity index (χ2v) is 19.9. The molecular formula is C66H112O6. The summed E-state index contributed by atoms with van der Waals surface area (Å²) in [4.78, 5) is 38.1. The van der Waals surface area contributed by atoms with Gasteiger partial charge in [-0.2, -0.15) is 0 Å². The first-order chi connectivity index (χ1) is 35.5. The minimum atomic E-state index is -0.788. The minimum Gasteiger partial charge on any atom is -0.462 e. The molecule has 0 aromatic carbocycles. The van der Waals surface area contributed by atoms with Gasteiger partial charge in [-0.3, -0.25) is 14.4 Å². The van der Waals surface area contributed by atoms with Crippen LogP contribution in [0.1, 0.15) is 284 Å². The summed E-state index contributed by atoms with van der Waals surface area (Å²) in [6, 6.07) is 0. The van der Waals surface area contributed by atoms with Gasteiger partial charge in [0.2, 0.25) is 0 Å². The van der Waals surface area contributed by atoms with Gasteiger partial charge in [0.1, 0.15) is 13.2 Å². The molecule has 1 atom stereocenters. The van der Waals surface area contributed by atoms with Crippen molar-refractivity contribution < 1.29 is 28.6 Å². The summed E-state index contributed by atoms with van der Waals surface area (Å²) in [5.74, 6) is -0.906. The van der Waals surface area contributed by atoms with Crippen molar-refractivity contribution in [2.75, 3.05) is 13.2 Å². The molecular weight excluding hydrogens is 889 g/mol. The first kappa shape index (κ1) is 68.3. The van der Waals surface area contributed by atoms with E-state index in [1.165, 1.54) is 122 Å². The molecule has 0 spiro atoms. The molecule has 0 aliphatic carbocycles. The molecule has 412 valence electrons. The number of hydrogen-bond acceptors (Lipinski definition) is 6. The largest absolute Gasteiger partial charge is 0.462 e. The van der Waals surface area contributed by atoms with Crippen molar-refractivity contribution in [2.45, 2.75) is 290 Å². The number of unbranched alkanes of at least 4 members (excludes halogenated alkanes) is 27. The quantitative estimate of drug-likeness (QED) is 0.0261. The highest BCUT2D eigenvalue weighted by molar-refractivity contribution is 5.71. The minimum absolute atomic E-state index is 0.0854. The van der Waals surface area contributed by atoms with E-state index in [9.17, 15) is 14.4 Å². The molecule has 0 aliphatic rings. The van der Waals surface area contributed by atoms with Crippen LogP contribution < -0.4 is 0 Å². The van der Waals surface area contributed by atoms with Gasteiger partial charge in [-0.15, -0.1) is 0 Å². The van der Waals surface area contributed by atoms with Gasteiger partial charge < -0.3 is 14.2 Å². The second kappa shape index (κ2) is 59.9. The number of rotatable bonds is 54. The lowest BCUT2D eigenvalue weighted by molar-refractivity contribution is -0.167. The molecule has 0 saturated heterocycles. The van der Waals surface area contributed by atoms with Crippen LogP contribution in [-0.4, -0.2) is 37.2 Å². The Labute approximate surface area is 445 Å². The van der Waals surface area contributed by atoms with E-state index in [-0.39, 0.29) is 31.1 Å². The zero-order chi connectivity index (χ0) is 52.2. The summed E-state index contributed by atoms with van der Waals surface area (Å²) >= 11 is 0. The number of carbonyl (C=O) groups excluding carboxylic acids is 3. The van der Waals surface area contributed by atoms with Crippen molar-refractivity contribution in [3.05, 3.63) is 97.2 Å². The molecule has 0 aliphatic heterocycles. The summed E-state index contributed by atoms with van der Waals surface area (Å²) in [5.41, 5.74) is 0. The van der Waals surface area contributed by atoms with E-state index < -0.39 is 6.10 Å². The van der Waals surface area contributed by atoms with Crippen LogP contribution in [-0.2, 0) is 28.6 Å². The van der Waals surface area contributed by atoms with Gasteiger partial charge in [0.25, 0.3) is 0 Å². The summed E-state index contributed by atoms with van der Waals surface area (Å²) < 4.78 is 16.8. The van der Waals surface area contributed by atoms with Crippen molar-refractivity contribution in [3.8, 4) is 0 Å². The van der Waals surface area contributed by atoms with Crippen molar-refractivity contribution in [1.82, 2.24) is 0 Å². The van der Waals surface area contributed by atoms with Crippen LogP contribution in [0.25, 0.3) is 0 Å². The predicted octanol–water partition coefficient (Wildman–Crippen LogP) is 20.5. The Morgan fingerprint density at radius 3 is 0.861 bits per heavy atom. The van der Waals surface area contributed by atoms with Crippen LogP contribution in [0.5, 0.6) is 0 Å². The van der Waals surface area contributed by atoms with Crippen molar-refractivity contribution >= 4 is 17.9 Å². The Balaban J connectivity index is 4.21. The fraction of sp³-hybridized carbons (Fsp3) is 0.712. The molecule has 1 unspecified atom stereocenters. The summed E-state index contributed by atoms with van der Waals surface area (Å²) in [7, 11) is 0. The van der Waals surface area contributed by atoms with E-state index in [1.54, 1.807) is 0 Å². The fourth-order valence-electron chi connectivity index (χ4n) is 8.23. The Bertz CT molecular complexity index is 1430. The van der Waals surface area contributed by atoms with Crippen LogP contribution in [0, 0.1) is 0 Å². The zero-order valence-electron chi connectivity index (χ0n) is 47.2. The Morgan fingerprint density at radius 2 is 0.542 bits per heavy atom. The number of hydrogen-bond donors (Lipinski definition) is 0. The summed E-state index contributed by atoms with van der Waals surface area (Å²) in [5, 5.41) is 0. The first-order valence-corrected chi connectivity index (χ1v) is 30.2. The molecule has 6 nitrogen and oxygen atoms in total. The van der Waals surface area contributed by atoms with Gasteiger partial charge in [0.15, 0.2) is 6.10 Å². The number of carbonyl (C=O) groups is 3. The maximum Gasteiger partial charge on any atom is 0.306 e. The molecule has 0 heterocycles. The molecule has 0 aromatic rings. The van der Waals surface area contributed by atoms with E-state index in [0.29, 0.717) is 19.3 Å². The topological polar surface area (TPSA) is 78.9 Å². The fourth-order valence-corrected chi connectivity index (χ4v) is 8.23. The average Bonchev–Trinajstić information content (AvgIpc) is 3.38. The third-order valence-corrected chi connectivity index (χ3v) is 12.8. The van der Waals surface area contributed by atoms with Crippen molar-refractivity contribution in [1.29, 1.82) is 0 Å².